The number of rotatable bonds is 6. The SMILES string of the molecule is CCCNC(CC1=CCCCC1)c1ccn(C)n1. The van der Waals surface area contributed by atoms with E-state index in [0.717, 1.165) is 13.0 Å². The molecule has 1 aliphatic carbocycles. The van der Waals surface area contributed by atoms with Gasteiger partial charge in [0.2, 0.25) is 0 Å². The molecule has 1 heterocycles. The van der Waals surface area contributed by atoms with Crippen LogP contribution in [0.25, 0.3) is 0 Å². The highest BCUT2D eigenvalue weighted by molar-refractivity contribution is 5.13. The first-order chi connectivity index (χ1) is 8.79. The lowest BCUT2D eigenvalue weighted by molar-refractivity contribution is 0.496. The predicted octanol–water partition coefficient (Wildman–Crippen LogP) is 3.35. The average molecular weight is 247 g/mol. The number of hydrogen-bond acceptors (Lipinski definition) is 2. The second-order valence-corrected chi connectivity index (χ2v) is 5.23. The monoisotopic (exact) mass is 247 g/mol. The Balaban J connectivity index is 2.02. The fourth-order valence-corrected chi connectivity index (χ4v) is 2.57. The van der Waals surface area contributed by atoms with Crippen LogP contribution < -0.4 is 5.32 Å². The number of aryl methyl sites for hydroxylation is 1. The highest BCUT2D eigenvalue weighted by Crippen LogP contribution is 2.26. The Labute approximate surface area is 110 Å². The Hall–Kier alpha value is -1.09. The summed E-state index contributed by atoms with van der Waals surface area (Å²) in [7, 11) is 1.99. The summed E-state index contributed by atoms with van der Waals surface area (Å²) in [4.78, 5) is 0. The standard InChI is InChI=1S/C15H25N3/c1-3-10-16-15(14-9-11-18(2)17-14)12-13-7-5-4-6-8-13/h7,9,11,15-16H,3-6,8,10,12H2,1-2H3. The second-order valence-electron chi connectivity index (χ2n) is 5.23. The molecule has 0 saturated heterocycles. The largest absolute Gasteiger partial charge is 0.308 e. The molecule has 0 fully saturated rings. The molecule has 0 spiro atoms. The van der Waals surface area contributed by atoms with Crippen molar-refractivity contribution in [2.24, 2.45) is 7.05 Å². The first-order valence-corrected chi connectivity index (χ1v) is 7.20. The predicted molar refractivity (Wildman–Crippen MR) is 75.4 cm³/mol. The third-order valence-electron chi connectivity index (χ3n) is 3.58. The van der Waals surface area contributed by atoms with Crippen LogP contribution in [0.15, 0.2) is 23.9 Å². The van der Waals surface area contributed by atoms with E-state index in [1.807, 2.05) is 17.9 Å². The highest BCUT2D eigenvalue weighted by Gasteiger charge is 2.16. The number of allylic oxidation sites excluding steroid dienone is 1. The summed E-state index contributed by atoms with van der Waals surface area (Å²) >= 11 is 0. The molecule has 0 aliphatic heterocycles. The highest BCUT2D eigenvalue weighted by atomic mass is 15.3. The van der Waals surface area contributed by atoms with Crippen molar-refractivity contribution in [1.29, 1.82) is 0 Å². The number of hydrogen-bond donors (Lipinski definition) is 1. The van der Waals surface area contributed by atoms with Crippen LogP contribution in [0, 0.1) is 0 Å². The van der Waals surface area contributed by atoms with Crippen LogP contribution in [0.2, 0.25) is 0 Å². The van der Waals surface area contributed by atoms with Gasteiger partial charge in [-0.15, -0.1) is 0 Å². The number of nitrogens with one attached hydrogen (secondary N) is 1. The van der Waals surface area contributed by atoms with Crippen molar-refractivity contribution in [1.82, 2.24) is 15.1 Å². The maximum atomic E-state index is 4.56. The van der Waals surface area contributed by atoms with Crippen molar-refractivity contribution < 1.29 is 0 Å². The number of nitrogens with zero attached hydrogens (tertiary/aromatic N) is 2. The molecule has 0 bridgehead atoms. The Kier molecular flexibility index (Phi) is 5.00. The molecule has 3 nitrogen and oxygen atoms in total. The van der Waals surface area contributed by atoms with E-state index in [0.29, 0.717) is 6.04 Å². The van der Waals surface area contributed by atoms with Gasteiger partial charge in [0, 0.05) is 13.2 Å². The van der Waals surface area contributed by atoms with Crippen molar-refractivity contribution in [2.45, 2.75) is 51.5 Å². The first kappa shape index (κ1) is 13.3. The summed E-state index contributed by atoms with van der Waals surface area (Å²) in [6.45, 7) is 3.27. The summed E-state index contributed by atoms with van der Waals surface area (Å²) in [6.07, 6.45) is 12.0. The van der Waals surface area contributed by atoms with Crippen LogP contribution in [0.3, 0.4) is 0 Å². The lowest BCUT2D eigenvalue weighted by Gasteiger charge is -2.20. The fraction of sp³-hybridized carbons (Fsp3) is 0.667. The summed E-state index contributed by atoms with van der Waals surface area (Å²) in [6, 6.07) is 2.52. The third kappa shape index (κ3) is 3.70. The van der Waals surface area contributed by atoms with E-state index < -0.39 is 0 Å². The molecule has 18 heavy (non-hydrogen) atoms. The maximum Gasteiger partial charge on any atom is 0.0797 e. The van der Waals surface area contributed by atoms with Crippen molar-refractivity contribution in [2.75, 3.05) is 6.54 Å². The van der Waals surface area contributed by atoms with Gasteiger partial charge in [-0.2, -0.15) is 5.10 Å². The van der Waals surface area contributed by atoms with Crippen LogP contribution in [0.1, 0.15) is 57.2 Å². The van der Waals surface area contributed by atoms with Gasteiger partial charge in [0.15, 0.2) is 0 Å². The normalized spacial score (nSPS) is 17.6. The summed E-state index contributed by atoms with van der Waals surface area (Å²) in [5.74, 6) is 0. The minimum atomic E-state index is 0.385. The molecule has 1 aromatic heterocycles. The van der Waals surface area contributed by atoms with Crippen LogP contribution in [0.4, 0.5) is 0 Å². The van der Waals surface area contributed by atoms with Crippen molar-refractivity contribution in [3.63, 3.8) is 0 Å². The van der Waals surface area contributed by atoms with Crippen LogP contribution in [0.5, 0.6) is 0 Å². The molecule has 2 rings (SSSR count). The minimum absolute atomic E-state index is 0.385. The van der Waals surface area contributed by atoms with Gasteiger partial charge in [0.05, 0.1) is 11.7 Å². The molecule has 1 unspecified atom stereocenters. The minimum Gasteiger partial charge on any atom is -0.308 e. The molecule has 100 valence electrons. The van der Waals surface area contributed by atoms with E-state index in [-0.39, 0.29) is 0 Å². The average Bonchev–Trinajstić information content (AvgIpc) is 2.82. The molecule has 0 aromatic carbocycles. The Bertz CT molecular complexity index is 392. The van der Waals surface area contributed by atoms with Gasteiger partial charge >= 0.3 is 0 Å². The molecule has 1 aromatic rings. The van der Waals surface area contributed by atoms with Gasteiger partial charge in [0.1, 0.15) is 0 Å². The lowest BCUT2D eigenvalue weighted by atomic mass is 9.93. The Morgan fingerprint density at radius 3 is 2.94 bits per heavy atom. The summed E-state index contributed by atoms with van der Waals surface area (Å²) in [5, 5.41) is 8.19. The molecule has 1 aliphatic rings. The van der Waals surface area contributed by atoms with E-state index in [1.54, 1.807) is 5.57 Å². The zero-order chi connectivity index (χ0) is 12.8. The van der Waals surface area contributed by atoms with Crippen LogP contribution in [-0.2, 0) is 7.05 Å². The molecule has 0 saturated carbocycles. The molecule has 0 radical (unpaired) electrons. The van der Waals surface area contributed by atoms with Gasteiger partial charge < -0.3 is 5.32 Å². The zero-order valence-corrected chi connectivity index (χ0v) is 11.7. The van der Waals surface area contributed by atoms with Gasteiger partial charge in [-0.25, -0.2) is 0 Å². The van der Waals surface area contributed by atoms with E-state index >= 15 is 0 Å². The van der Waals surface area contributed by atoms with Crippen LogP contribution >= 0.6 is 0 Å². The Morgan fingerprint density at radius 1 is 1.44 bits per heavy atom. The molecule has 0 amide bonds. The van der Waals surface area contributed by atoms with Crippen molar-refractivity contribution in [3.05, 3.63) is 29.6 Å². The van der Waals surface area contributed by atoms with Gasteiger partial charge in [-0.1, -0.05) is 18.6 Å². The van der Waals surface area contributed by atoms with Crippen molar-refractivity contribution >= 4 is 0 Å². The number of aromatic nitrogens is 2. The zero-order valence-electron chi connectivity index (χ0n) is 11.7. The molecule has 1 N–H and O–H groups in total. The summed E-state index contributed by atoms with van der Waals surface area (Å²) < 4.78 is 1.89. The Morgan fingerprint density at radius 2 is 2.33 bits per heavy atom. The van der Waals surface area contributed by atoms with E-state index in [9.17, 15) is 0 Å². The molecular formula is C15H25N3. The van der Waals surface area contributed by atoms with Crippen molar-refractivity contribution in [3.8, 4) is 0 Å². The second kappa shape index (κ2) is 6.74. The quantitative estimate of drug-likeness (QED) is 0.781. The first-order valence-electron chi connectivity index (χ1n) is 7.20. The van der Waals surface area contributed by atoms with E-state index in [2.05, 4.69) is 29.5 Å². The van der Waals surface area contributed by atoms with Gasteiger partial charge in [-0.3, -0.25) is 4.68 Å². The third-order valence-corrected chi connectivity index (χ3v) is 3.58. The smallest absolute Gasteiger partial charge is 0.0797 e. The molecule has 1 atom stereocenters. The van der Waals surface area contributed by atoms with E-state index in [4.69, 9.17) is 0 Å². The summed E-state index contributed by atoms with van der Waals surface area (Å²) in [5.41, 5.74) is 2.79. The molecule has 3 heteroatoms. The topological polar surface area (TPSA) is 29.9 Å². The van der Waals surface area contributed by atoms with Gasteiger partial charge in [0.25, 0.3) is 0 Å². The van der Waals surface area contributed by atoms with E-state index in [1.165, 1.54) is 37.8 Å². The van der Waals surface area contributed by atoms with Gasteiger partial charge in [-0.05, 0) is 51.1 Å². The van der Waals surface area contributed by atoms with Crippen LogP contribution in [-0.4, -0.2) is 16.3 Å². The lowest BCUT2D eigenvalue weighted by Crippen LogP contribution is -2.23. The fourth-order valence-electron chi connectivity index (χ4n) is 2.57. The molecular weight excluding hydrogens is 222 g/mol. The maximum absolute atomic E-state index is 4.56.